The van der Waals surface area contributed by atoms with Crippen molar-refractivity contribution in [3.8, 4) is 0 Å². The Kier molecular flexibility index (Phi) is 4.18. The molecule has 1 aromatic rings. The number of nitrogens with zero attached hydrogens (tertiary/aromatic N) is 1. The molecule has 0 aromatic heterocycles. The molecule has 4 rings (SSSR count). The number of allylic oxidation sites excluding steroid dienone is 6. The molecule has 1 aromatic carbocycles. The average Bonchev–Trinajstić information content (AvgIpc) is 3.39. The number of fused-ring (bicyclic) bond motifs is 1. The van der Waals surface area contributed by atoms with Crippen molar-refractivity contribution in [1.29, 1.82) is 0 Å². The van der Waals surface area contributed by atoms with Crippen molar-refractivity contribution in [3.05, 3.63) is 64.3 Å². The number of hydrogen-bond acceptors (Lipinski definition) is 3. The van der Waals surface area contributed by atoms with Crippen molar-refractivity contribution < 1.29 is 4.79 Å². The van der Waals surface area contributed by atoms with E-state index in [1.165, 1.54) is 22.3 Å². The third kappa shape index (κ3) is 2.66. The Bertz CT molecular complexity index is 867. The van der Waals surface area contributed by atoms with E-state index in [9.17, 15) is 4.79 Å². The van der Waals surface area contributed by atoms with Gasteiger partial charge in [-0.15, -0.1) is 0 Å². The fraction of sp³-hybridized carbons (Fsp3) is 0.391. The lowest BCUT2D eigenvalue weighted by Crippen LogP contribution is -2.31. The van der Waals surface area contributed by atoms with E-state index in [1.54, 1.807) is 0 Å². The number of benzene rings is 1. The van der Waals surface area contributed by atoms with Crippen LogP contribution in [0.5, 0.6) is 0 Å². The lowest BCUT2D eigenvalue weighted by molar-refractivity contribution is -0.120. The van der Waals surface area contributed by atoms with Crippen LogP contribution in [0.3, 0.4) is 0 Å². The largest absolute Gasteiger partial charge is 0.294 e. The maximum atomic E-state index is 12.9. The van der Waals surface area contributed by atoms with E-state index in [4.69, 9.17) is 0 Å². The van der Waals surface area contributed by atoms with Crippen molar-refractivity contribution in [2.75, 3.05) is 5.43 Å². The molecule has 0 radical (unpaired) electrons. The summed E-state index contributed by atoms with van der Waals surface area (Å²) in [4.78, 5) is 12.9. The van der Waals surface area contributed by atoms with Crippen LogP contribution < -0.4 is 5.43 Å². The summed E-state index contributed by atoms with van der Waals surface area (Å²) in [7, 11) is 0. The maximum Gasteiger partial charge on any atom is 0.167 e. The van der Waals surface area contributed by atoms with Gasteiger partial charge in [0, 0.05) is 23.1 Å². The van der Waals surface area contributed by atoms with Crippen molar-refractivity contribution >= 4 is 17.7 Å². The van der Waals surface area contributed by atoms with E-state index in [0.29, 0.717) is 5.78 Å². The molecule has 1 spiro atoms. The Morgan fingerprint density at radius 2 is 1.96 bits per heavy atom. The van der Waals surface area contributed by atoms with Gasteiger partial charge in [0.25, 0.3) is 0 Å². The Balaban J connectivity index is 1.47. The van der Waals surface area contributed by atoms with Gasteiger partial charge in [-0.25, -0.2) is 0 Å². The molecule has 0 unspecified atom stereocenters. The van der Waals surface area contributed by atoms with Gasteiger partial charge in [0.05, 0.1) is 5.69 Å². The van der Waals surface area contributed by atoms with Gasteiger partial charge in [-0.2, -0.15) is 5.10 Å². The molecular weight excluding hydrogens is 320 g/mol. The first kappa shape index (κ1) is 17.0. The third-order valence-electron chi connectivity index (χ3n) is 6.39. The SMILES string of the molecule is CC1=C(CC/C=N/Nc2ccccc2)C2=C(C)C3(CC3)[C@H](C)C(=O)C2=C1. The Hall–Kier alpha value is -2.42. The topological polar surface area (TPSA) is 41.5 Å². The minimum Gasteiger partial charge on any atom is -0.294 e. The number of hydrogen-bond donors (Lipinski definition) is 1. The third-order valence-corrected chi connectivity index (χ3v) is 6.39. The van der Waals surface area contributed by atoms with E-state index in [1.807, 2.05) is 36.5 Å². The Morgan fingerprint density at radius 1 is 1.23 bits per heavy atom. The molecule has 0 saturated heterocycles. The minimum absolute atomic E-state index is 0.140. The number of hydrazone groups is 1. The highest BCUT2D eigenvalue weighted by atomic mass is 16.1. The molecule has 26 heavy (non-hydrogen) atoms. The average molecular weight is 346 g/mol. The fourth-order valence-corrected chi connectivity index (χ4v) is 4.59. The van der Waals surface area contributed by atoms with Crippen LogP contribution in [0.15, 0.2) is 69.4 Å². The number of Topliss-reactive ketones (excluding diaryl/α,β-unsaturated/α-hetero) is 1. The van der Waals surface area contributed by atoms with Crippen molar-refractivity contribution in [2.24, 2.45) is 16.4 Å². The molecule has 3 nitrogen and oxygen atoms in total. The molecular formula is C23H26N2O. The monoisotopic (exact) mass is 346 g/mol. The van der Waals surface area contributed by atoms with E-state index in [0.717, 1.165) is 36.9 Å². The van der Waals surface area contributed by atoms with Gasteiger partial charge in [-0.3, -0.25) is 10.2 Å². The van der Waals surface area contributed by atoms with Crippen LogP contribution in [0.2, 0.25) is 0 Å². The zero-order valence-corrected chi connectivity index (χ0v) is 15.8. The van der Waals surface area contributed by atoms with Crippen molar-refractivity contribution in [2.45, 2.75) is 46.5 Å². The van der Waals surface area contributed by atoms with Gasteiger partial charge >= 0.3 is 0 Å². The van der Waals surface area contributed by atoms with Crippen LogP contribution >= 0.6 is 0 Å². The first-order chi connectivity index (χ1) is 12.5. The van der Waals surface area contributed by atoms with Crippen molar-refractivity contribution in [1.82, 2.24) is 0 Å². The smallest absolute Gasteiger partial charge is 0.167 e. The lowest BCUT2D eigenvalue weighted by atomic mass is 9.70. The van der Waals surface area contributed by atoms with Gasteiger partial charge < -0.3 is 0 Å². The van der Waals surface area contributed by atoms with Crippen LogP contribution in [-0.2, 0) is 4.79 Å². The number of nitrogens with one attached hydrogen (secondary N) is 1. The second-order valence-corrected chi connectivity index (χ2v) is 7.79. The lowest BCUT2D eigenvalue weighted by Gasteiger charge is -2.32. The Morgan fingerprint density at radius 3 is 2.65 bits per heavy atom. The minimum atomic E-state index is 0.140. The summed E-state index contributed by atoms with van der Waals surface area (Å²) >= 11 is 0. The van der Waals surface area contributed by atoms with Crippen molar-refractivity contribution in [3.63, 3.8) is 0 Å². The van der Waals surface area contributed by atoms with E-state index in [2.05, 4.69) is 37.4 Å². The molecule has 3 aliphatic carbocycles. The molecule has 1 saturated carbocycles. The van der Waals surface area contributed by atoms with E-state index >= 15 is 0 Å². The first-order valence-electron chi connectivity index (χ1n) is 9.55. The van der Waals surface area contributed by atoms with Gasteiger partial charge in [0.1, 0.15) is 0 Å². The van der Waals surface area contributed by atoms with E-state index < -0.39 is 0 Å². The molecule has 1 fully saturated rings. The van der Waals surface area contributed by atoms with Crippen LogP contribution in [-0.4, -0.2) is 12.0 Å². The molecule has 3 aliphatic rings. The van der Waals surface area contributed by atoms with Crippen LogP contribution in [0.4, 0.5) is 5.69 Å². The first-order valence-corrected chi connectivity index (χ1v) is 9.55. The summed E-state index contributed by atoms with van der Waals surface area (Å²) in [5.74, 6) is 0.484. The number of rotatable bonds is 5. The molecule has 3 heteroatoms. The van der Waals surface area contributed by atoms with E-state index in [-0.39, 0.29) is 11.3 Å². The van der Waals surface area contributed by atoms with Gasteiger partial charge in [0.2, 0.25) is 0 Å². The number of ketones is 1. The maximum absolute atomic E-state index is 12.9. The second kappa shape index (κ2) is 6.39. The highest BCUT2D eigenvalue weighted by molar-refractivity contribution is 6.07. The summed E-state index contributed by atoms with van der Waals surface area (Å²) < 4.78 is 0. The van der Waals surface area contributed by atoms with Gasteiger partial charge in [-0.05, 0) is 74.5 Å². The summed E-state index contributed by atoms with van der Waals surface area (Å²) in [6.45, 7) is 6.51. The molecule has 0 heterocycles. The number of para-hydroxylation sites is 1. The molecule has 1 N–H and O–H groups in total. The predicted octanol–water partition coefficient (Wildman–Crippen LogP) is 5.44. The zero-order valence-electron chi connectivity index (χ0n) is 15.8. The summed E-state index contributed by atoms with van der Waals surface area (Å²) in [6.07, 6.45) is 8.16. The number of carbonyl (C=O) groups is 1. The second-order valence-electron chi connectivity index (χ2n) is 7.79. The van der Waals surface area contributed by atoms with Gasteiger partial charge in [-0.1, -0.05) is 30.7 Å². The zero-order chi connectivity index (χ0) is 18.3. The molecule has 0 aliphatic heterocycles. The molecule has 134 valence electrons. The van der Waals surface area contributed by atoms with Gasteiger partial charge in [0.15, 0.2) is 5.78 Å². The molecule has 0 amide bonds. The highest BCUT2D eigenvalue weighted by Gasteiger charge is 2.56. The number of anilines is 1. The molecule has 0 bridgehead atoms. The summed E-state index contributed by atoms with van der Waals surface area (Å²) in [5, 5.41) is 4.32. The van der Waals surface area contributed by atoms with Crippen LogP contribution in [0.1, 0.15) is 46.5 Å². The van der Waals surface area contributed by atoms with Crippen LogP contribution in [0, 0.1) is 11.3 Å². The fourth-order valence-electron chi connectivity index (χ4n) is 4.59. The highest BCUT2D eigenvalue weighted by Crippen LogP contribution is 2.63. The predicted molar refractivity (Wildman–Crippen MR) is 107 cm³/mol. The Labute approximate surface area is 155 Å². The quantitative estimate of drug-likeness (QED) is 0.570. The summed E-state index contributed by atoms with van der Waals surface area (Å²) in [6, 6.07) is 9.96. The molecule has 1 atom stereocenters. The number of carbonyl (C=O) groups excluding carboxylic acids is 1. The standard InChI is InChI=1S/C23H26N2O/c1-15-14-20-21(16(2)23(11-12-23)17(3)22(20)26)19(15)10-7-13-24-25-18-8-5-4-6-9-18/h4-6,8-9,13-14,17,25H,7,10-12H2,1-3H3/b24-13+/t17-/m1/s1. The summed E-state index contributed by atoms with van der Waals surface area (Å²) in [5.41, 5.74) is 10.5. The van der Waals surface area contributed by atoms with Crippen LogP contribution in [0.25, 0.3) is 0 Å². The normalized spacial score (nSPS) is 23.7.